The van der Waals surface area contributed by atoms with E-state index in [1.165, 1.54) is 32.2 Å². The van der Waals surface area contributed by atoms with Gasteiger partial charge in [0.15, 0.2) is 0 Å². The van der Waals surface area contributed by atoms with Gasteiger partial charge in [0.1, 0.15) is 0 Å². The minimum absolute atomic E-state index is 0.566. The number of hydrogen-bond acceptors (Lipinski definition) is 2. The molecule has 5 fully saturated rings. The molecule has 0 aromatic heterocycles. The molecule has 0 aliphatic heterocycles. The van der Waals surface area contributed by atoms with E-state index < -0.39 is 0 Å². The van der Waals surface area contributed by atoms with Crippen LogP contribution in [0.2, 0.25) is 0 Å². The summed E-state index contributed by atoms with van der Waals surface area (Å²) in [6.07, 6.45) is 17.5. The van der Waals surface area contributed by atoms with Crippen molar-refractivity contribution < 1.29 is 0 Å². The maximum Gasteiger partial charge on any atom is 0.0281 e. The Morgan fingerprint density at radius 2 is 1.52 bits per heavy atom. The van der Waals surface area contributed by atoms with Crippen molar-refractivity contribution in [1.29, 1.82) is 0 Å². The van der Waals surface area contributed by atoms with Crippen LogP contribution in [0.15, 0.2) is 0 Å². The molecule has 0 saturated heterocycles. The maximum absolute atomic E-state index is 4.05. The fourth-order valence-corrected chi connectivity index (χ4v) is 7.66. The van der Waals surface area contributed by atoms with Crippen LogP contribution in [0.3, 0.4) is 0 Å². The van der Waals surface area contributed by atoms with Crippen molar-refractivity contribution >= 4 is 11.8 Å². The molecule has 2 heteroatoms. The number of hydrogen-bond donors (Lipinski definition) is 1. The van der Waals surface area contributed by atoms with E-state index in [0.717, 1.165) is 23.8 Å². The third-order valence-electron chi connectivity index (χ3n) is 7.68. The highest BCUT2D eigenvalue weighted by Crippen LogP contribution is 2.61. The zero-order valence-corrected chi connectivity index (χ0v) is 14.8. The predicted molar refractivity (Wildman–Crippen MR) is 92.8 cm³/mol. The first-order chi connectivity index (χ1) is 10.1. The normalized spacial score (nSPS) is 45.1. The van der Waals surface area contributed by atoms with Crippen LogP contribution in [0.5, 0.6) is 0 Å². The summed E-state index contributed by atoms with van der Waals surface area (Å²) in [7, 11) is 0. The number of rotatable bonds is 5. The molecule has 0 amide bonds. The molecule has 5 saturated carbocycles. The van der Waals surface area contributed by atoms with E-state index in [1.54, 1.807) is 38.5 Å². The predicted octanol–water partition coefficient (Wildman–Crippen LogP) is 4.86. The molecule has 0 heterocycles. The Balaban J connectivity index is 1.42. The minimum Gasteiger partial charge on any atom is -0.312 e. The molecule has 5 aliphatic carbocycles. The van der Waals surface area contributed by atoms with Gasteiger partial charge in [-0.15, -0.1) is 0 Å². The van der Waals surface area contributed by atoms with Crippen LogP contribution in [0.25, 0.3) is 0 Å². The standard InChI is InChI=1S/C19H33NS/c1-14(20-13-19(21-2)5-3-4-6-19)18-10-15-7-16(11-18)9-17(8-15)12-18/h14-17,20H,3-13H2,1-2H3. The first kappa shape index (κ1) is 14.9. The van der Waals surface area contributed by atoms with Crippen molar-refractivity contribution in [1.82, 2.24) is 5.32 Å². The summed E-state index contributed by atoms with van der Waals surface area (Å²) in [6, 6.07) is 0.746. The van der Waals surface area contributed by atoms with Gasteiger partial charge in [0.2, 0.25) is 0 Å². The second kappa shape index (κ2) is 5.44. The Labute approximate surface area is 135 Å². The van der Waals surface area contributed by atoms with Gasteiger partial charge in [-0.3, -0.25) is 0 Å². The van der Waals surface area contributed by atoms with E-state index in [1.807, 2.05) is 0 Å². The quantitative estimate of drug-likeness (QED) is 0.778. The molecular weight excluding hydrogens is 274 g/mol. The van der Waals surface area contributed by atoms with Crippen molar-refractivity contribution in [3.05, 3.63) is 0 Å². The second-order valence-electron chi connectivity index (χ2n) is 8.98. The van der Waals surface area contributed by atoms with Crippen LogP contribution in [0.4, 0.5) is 0 Å². The van der Waals surface area contributed by atoms with Gasteiger partial charge < -0.3 is 5.32 Å². The van der Waals surface area contributed by atoms with Crippen molar-refractivity contribution in [2.45, 2.75) is 81.9 Å². The lowest BCUT2D eigenvalue weighted by Gasteiger charge is -2.59. The molecule has 1 N–H and O–H groups in total. The van der Waals surface area contributed by atoms with Crippen LogP contribution >= 0.6 is 11.8 Å². The van der Waals surface area contributed by atoms with Crippen molar-refractivity contribution in [2.75, 3.05) is 12.8 Å². The smallest absolute Gasteiger partial charge is 0.0281 e. The molecule has 4 bridgehead atoms. The van der Waals surface area contributed by atoms with E-state index in [4.69, 9.17) is 0 Å². The van der Waals surface area contributed by atoms with Crippen LogP contribution in [-0.4, -0.2) is 23.6 Å². The van der Waals surface area contributed by atoms with Crippen molar-refractivity contribution in [2.24, 2.45) is 23.2 Å². The van der Waals surface area contributed by atoms with Crippen LogP contribution in [-0.2, 0) is 0 Å². The molecule has 1 atom stereocenters. The molecule has 21 heavy (non-hydrogen) atoms. The molecule has 0 aromatic rings. The van der Waals surface area contributed by atoms with Crippen LogP contribution in [0, 0.1) is 23.2 Å². The highest BCUT2D eigenvalue weighted by molar-refractivity contribution is 8.00. The van der Waals surface area contributed by atoms with Gasteiger partial charge in [-0.1, -0.05) is 12.8 Å². The van der Waals surface area contributed by atoms with Crippen LogP contribution < -0.4 is 5.32 Å². The lowest BCUT2D eigenvalue weighted by molar-refractivity contribution is -0.0705. The third-order valence-corrected chi connectivity index (χ3v) is 9.10. The second-order valence-corrected chi connectivity index (χ2v) is 10.3. The lowest BCUT2D eigenvalue weighted by Crippen LogP contribution is -2.56. The van der Waals surface area contributed by atoms with Gasteiger partial charge in [0, 0.05) is 17.3 Å². The first-order valence-corrected chi connectivity index (χ1v) is 10.6. The van der Waals surface area contributed by atoms with Gasteiger partial charge in [-0.25, -0.2) is 0 Å². The lowest BCUT2D eigenvalue weighted by atomic mass is 9.48. The van der Waals surface area contributed by atoms with E-state index in [0.29, 0.717) is 10.2 Å². The van der Waals surface area contributed by atoms with E-state index >= 15 is 0 Å². The molecule has 0 radical (unpaired) electrons. The Morgan fingerprint density at radius 1 is 1.00 bits per heavy atom. The summed E-state index contributed by atoms with van der Waals surface area (Å²) in [5.74, 6) is 3.25. The largest absolute Gasteiger partial charge is 0.312 e. The average Bonchev–Trinajstić information content (AvgIpc) is 2.93. The molecule has 0 spiro atoms. The molecule has 5 aliphatic rings. The Hall–Kier alpha value is 0.310. The fourth-order valence-electron chi connectivity index (χ4n) is 6.74. The van der Waals surface area contributed by atoms with Gasteiger partial charge >= 0.3 is 0 Å². The van der Waals surface area contributed by atoms with Crippen LogP contribution in [0.1, 0.15) is 71.1 Å². The van der Waals surface area contributed by atoms with E-state index in [2.05, 4.69) is 30.3 Å². The third kappa shape index (κ3) is 2.59. The monoisotopic (exact) mass is 307 g/mol. The Morgan fingerprint density at radius 3 is 2.00 bits per heavy atom. The zero-order chi connectivity index (χ0) is 14.5. The molecule has 120 valence electrons. The van der Waals surface area contributed by atoms with Gasteiger partial charge in [0.25, 0.3) is 0 Å². The highest BCUT2D eigenvalue weighted by Gasteiger charge is 2.53. The maximum atomic E-state index is 4.05. The Bertz CT molecular complexity index is 350. The summed E-state index contributed by atoms with van der Waals surface area (Å²) < 4.78 is 0.566. The SMILES string of the molecule is CSC1(CNC(C)C23CC4CC(CC(C4)C2)C3)CCCC1. The molecule has 1 unspecified atom stereocenters. The fraction of sp³-hybridized carbons (Fsp3) is 1.00. The Kier molecular flexibility index (Phi) is 3.85. The highest BCUT2D eigenvalue weighted by atomic mass is 32.2. The van der Waals surface area contributed by atoms with E-state index in [-0.39, 0.29) is 0 Å². The van der Waals surface area contributed by atoms with Crippen molar-refractivity contribution in [3.63, 3.8) is 0 Å². The van der Waals surface area contributed by atoms with Gasteiger partial charge in [-0.05, 0) is 87.7 Å². The summed E-state index contributed by atoms with van der Waals surface area (Å²) >= 11 is 2.14. The summed E-state index contributed by atoms with van der Waals surface area (Å²) in [5.41, 5.74) is 0.674. The topological polar surface area (TPSA) is 12.0 Å². The molecular formula is C19H33NS. The summed E-state index contributed by atoms with van der Waals surface area (Å²) in [5, 5.41) is 4.05. The zero-order valence-electron chi connectivity index (χ0n) is 14.0. The molecule has 5 rings (SSSR count). The minimum atomic E-state index is 0.566. The summed E-state index contributed by atoms with van der Waals surface area (Å²) in [6.45, 7) is 3.78. The van der Waals surface area contributed by atoms with E-state index in [9.17, 15) is 0 Å². The molecule has 0 aromatic carbocycles. The average molecular weight is 308 g/mol. The van der Waals surface area contributed by atoms with Gasteiger partial charge in [0.05, 0.1) is 0 Å². The first-order valence-electron chi connectivity index (χ1n) is 9.42. The van der Waals surface area contributed by atoms with Crippen molar-refractivity contribution in [3.8, 4) is 0 Å². The van der Waals surface area contributed by atoms with Gasteiger partial charge in [-0.2, -0.15) is 11.8 Å². The summed E-state index contributed by atoms with van der Waals surface area (Å²) in [4.78, 5) is 0. The molecule has 1 nitrogen and oxygen atoms in total. The number of nitrogens with one attached hydrogen (secondary N) is 1. The number of thioether (sulfide) groups is 1.